The van der Waals surface area contributed by atoms with E-state index in [0.29, 0.717) is 0 Å². The first kappa shape index (κ1) is 8.02. The first-order valence-electron chi connectivity index (χ1n) is 4.15. The van der Waals surface area contributed by atoms with Gasteiger partial charge in [-0.2, -0.15) is 0 Å². The van der Waals surface area contributed by atoms with Crippen molar-refractivity contribution in [2.45, 2.75) is 0 Å². The van der Waals surface area contributed by atoms with Crippen molar-refractivity contribution in [1.82, 2.24) is 0 Å². The molecule has 0 bridgehead atoms. The van der Waals surface area contributed by atoms with Crippen molar-refractivity contribution in [2.24, 2.45) is 0 Å². The maximum atomic E-state index is 2.22. The lowest BCUT2D eigenvalue weighted by Crippen LogP contribution is -1.70. The molecule has 0 saturated heterocycles. The third-order valence-corrected chi connectivity index (χ3v) is 2.33. The molecule has 64 valence electrons. The summed E-state index contributed by atoms with van der Waals surface area (Å²) in [6, 6.07) is 17.1. The molecule has 1 aromatic rings. The van der Waals surface area contributed by atoms with Crippen molar-refractivity contribution in [3.05, 3.63) is 48.5 Å². The molecule has 1 aromatic carbocycles. The van der Waals surface area contributed by atoms with Gasteiger partial charge in [0.05, 0.1) is 0 Å². The van der Waals surface area contributed by atoms with Crippen molar-refractivity contribution in [3.8, 4) is 22.3 Å². The highest BCUT2D eigenvalue weighted by atomic mass is 16.0. The Morgan fingerprint density at radius 1 is 0.615 bits per heavy atom. The zero-order valence-electron chi connectivity index (χ0n) is 7.12. The highest BCUT2D eigenvalue weighted by Gasteiger charge is 2.17. The minimum absolute atomic E-state index is 0. The van der Waals surface area contributed by atoms with Gasteiger partial charge in [-0.05, 0) is 28.3 Å². The van der Waals surface area contributed by atoms with E-state index in [0.717, 1.165) is 0 Å². The van der Waals surface area contributed by atoms with Crippen molar-refractivity contribution in [2.75, 3.05) is 0 Å². The lowest BCUT2D eigenvalue weighted by Gasteiger charge is -1.95. The molecule has 0 aromatic heterocycles. The van der Waals surface area contributed by atoms with E-state index in [-0.39, 0.29) is 5.48 Å². The van der Waals surface area contributed by atoms with Gasteiger partial charge in [0.25, 0.3) is 0 Å². The Morgan fingerprint density at radius 3 is 1.92 bits per heavy atom. The Labute approximate surface area is 77.0 Å². The summed E-state index contributed by atoms with van der Waals surface area (Å²) in [5.41, 5.74) is 5.55. The lowest BCUT2D eigenvalue weighted by atomic mass is 10.1. The van der Waals surface area contributed by atoms with Crippen LogP contribution < -0.4 is 0 Å². The summed E-state index contributed by atoms with van der Waals surface area (Å²) in [6.45, 7) is 0. The fourth-order valence-electron chi connectivity index (χ4n) is 1.62. The number of hydrogen-bond acceptors (Lipinski definition) is 0. The molecule has 0 radical (unpaired) electrons. The van der Waals surface area contributed by atoms with Crippen LogP contribution >= 0.6 is 0 Å². The zero-order valence-corrected chi connectivity index (χ0v) is 7.12. The predicted octanol–water partition coefficient (Wildman–Crippen LogP) is 2.51. The number of benzene rings is 2. The van der Waals surface area contributed by atoms with Gasteiger partial charge >= 0.3 is 0 Å². The van der Waals surface area contributed by atoms with Crippen molar-refractivity contribution < 1.29 is 5.48 Å². The molecule has 1 nitrogen and oxygen atoms in total. The van der Waals surface area contributed by atoms with Crippen LogP contribution in [-0.4, -0.2) is 5.48 Å². The summed E-state index contributed by atoms with van der Waals surface area (Å²) < 4.78 is 0. The van der Waals surface area contributed by atoms with Crippen molar-refractivity contribution in [1.29, 1.82) is 0 Å². The van der Waals surface area contributed by atoms with Crippen LogP contribution in [0.4, 0.5) is 0 Å². The van der Waals surface area contributed by atoms with E-state index in [1.54, 1.807) is 0 Å². The van der Waals surface area contributed by atoms with E-state index in [4.69, 9.17) is 0 Å². The Hall–Kier alpha value is -1.60. The number of hydrogen-bond donors (Lipinski definition) is 0. The van der Waals surface area contributed by atoms with E-state index < -0.39 is 0 Å². The smallest absolute Gasteiger partial charge is 0.00990 e. The van der Waals surface area contributed by atoms with Gasteiger partial charge in [0.15, 0.2) is 0 Å². The molecule has 13 heavy (non-hydrogen) atoms. The lowest BCUT2D eigenvalue weighted by molar-refractivity contribution is 0.824. The summed E-state index contributed by atoms with van der Waals surface area (Å²) in [7, 11) is 0. The van der Waals surface area contributed by atoms with Gasteiger partial charge in [-0.3, -0.25) is 0 Å². The topological polar surface area (TPSA) is 31.5 Å². The standard InChI is InChI=1S/C12H8.H2O/c1-2-4-9(5-3-1)11-7-6-10-8-12(10)11;/h1-8H;1H2. The summed E-state index contributed by atoms with van der Waals surface area (Å²) >= 11 is 0. The quantitative estimate of drug-likeness (QED) is 0.537. The average Bonchev–Trinajstić information content (AvgIpc) is 2.80. The minimum Gasteiger partial charge on any atom is -0.412 e. The fourth-order valence-corrected chi connectivity index (χ4v) is 1.62. The molecule has 0 aliphatic heterocycles. The average molecular weight is 170 g/mol. The van der Waals surface area contributed by atoms with Crippen LogP contribution in [0.5, 0.6) is 0 Å². The monoisotopic (exact) mass is 170 g/mol. The Kier molecular flexibility index (Phi) is 1.67. The van der Waals surface area contributed by atoms with Crippen LogP contribution in [0.15, 0.2) is 48.5 Å². The van der Waals surface area contributed by atoms with Crippen LogP contribution in [0.25, 0.3) is 22.3 Å². The SMILES string of the molecule is O.c1ccc(-c2ccc3cc2-3)cc1. The molecule has 0 atom stereocenters. The highest BCUT2D eigenvalue weighted by Crippen LogP contribution is 2.43. The largest absolute Gasteiger partial charge is 0.412 e. The second-order valence-corrected chi connectivity index (χ2v) is 3.13. The molecule has 0 amide bonds. The van der Waals surface area contributed by atoms with Gasteiger partial charge in [-0.1, -0.05) is 42.5 Å². The fraction of sp³-hybridized carbons (Fsp3) is 0. The molecular formula is C12H10O. The number of fused-ring (bicyclic) bond motifs is 1. The van der Waals surface area contributed by atoms with Gasteiger partial charge in [0.2, 0.25) is 0 Å². The maximum Gasteiger partial charge on any atom is -0.00990 e. The van der Waals surface area contributed by atoms with Gasteiger partial charge in [-0.25, -0.2) is 0 Å². The molecule has 2 aliphatic rings. The molecular weight excluding hydrogens is 160 g/mol. The minimum atomic E-state index is 0. The third kappa shape index (κ3) is 1.14. The van der Waals surface area contributed by atoms with E-state index in [9.17, 15) is 0 Å². The molecule has 0 fully saturated rings. The Morgan fingerprint density at radius 2 is 1.38 bits per heavy atom. The maximum absolute atomic E-state index is 2.22. The molecule has 1 heteroatoms. The van der Waals surface area contributed by atoms with Gasteiger partial charge in [0, 0.05) is 0 Å². The predicted molar refractivity (Wildman–Crippen MR) is 54.5 cm³/mol. The van der Waals surface area contributed by atoms with E-state index in [1.807, 2.05) is 0 Å². The van der Waals surface area contributed by atoms with Gasteiger partial charge in [-0.15, -0.1) is 0 Å². The van der Waals surface area contributed by atoms with Crippen molar-refractivity contribution in [3.63, 3.8) is 0 Å². The second-order valence-electron chi connectivity index (χ2n) is 3.13. The summed E-state index contributed by atoms with van der Waals surface area (Å²) in [4.78, 5) is 0. The van der Waals surface area contributed by atoms with E-state index in [2.05, 4.69) is 48.5 Å². The third-order valence-electron chi connectivity index (χ3n) is 2.33. The van der Waals surface area contributed by atoms with Crippen molar-refractivity contribution >= 4 is 0 Å². The highest BCUT2D eigenvalue weighted by molar-refractivity contribution is 5.95. The van der Waals surface area contributed by atoms with Crippen LogP contribution in [0.3, 0.4) is 0 Å². The zero-order chi connectivity index (χ0) is 7.97. The molecule has 2 aliphatic carbocycles. The molecule has 0 heterocycles. The Balaban J connectivity index is 0.000000653. The summed E-state index contributed by atoms with van der Waals surface area (Å²) in [5.74, 6) is 0. The van der Waals surface area contributed by atoms with Crippen LogP contribution in [0, 0.1) is 0 Å². The second kappa shape index (κ2) is 2.71. The molecule has 0 unspecified atom stereocenters. The Bertz CT molecular complexity index is 432. The molecule has 0 saturated carbocycles. The summed E-state index contributed by atoms with van der Waals surface area (Å²) in [5, 5.41) is 0. The normalized spacial score (nSPS) is 10.5. The van der Waals surface area contributed by atoms with E-state index in [1.165, 1.54) is 22.3 Å². The first-order chi connectivity index (χ1) is 5.95. The van der Waals surface area contributed by atoms with Crippen LogP contribution in [0.2, 0.25) is 0 Å². The van der Waals surface area contributed by atoms with Gasteiger partial charge in [0.1, 0.15) is 0 Å². The summed E-state index contributed by atoms with van der Waals surface area (Å²) in [6.07, 6.45) is 0. The van der Waals surface area contributed by atoms with Crippen LogP contribution in [-0.2, 0) is 0 Å². The molecule has 0 spiro atoms. The van der Waals surface area contributed by atoms with E-state index >= 15 is 0 Å². The van der Waals surface area contributed by atoms with Crippen LogP contribution in [0.1, 0.15) is 0 Å². The molecule has 2 N–H and O–H groups in total. The first-order valence-corrected chi connectivity index (χ1v) is 4.15. The molecule has 3 rings (SSSR count). The number of rotatable bonds is 1. The van der Waals surface area contributed by atoms with Gasteiger partial charge < -0.3 is 5.48 Å².